The molecule has 96 valence electrons. The van der Waals surface area contributed by atoms with Gasteiger partial charge >= 0.3 is 0 Å². The van der Waals surface area contributed by atoms with Gasteiger partial charge in [0.15, 0.2) is 5.82 Å². The second-order valence-corrected chi connectivity index (χ2v) is 4.17. The predicted octanol–water partition coefficient (Wildman–Crippen LogP) is 1.23. The van der Waals surface area contributed by atoms with Crippen molar-refractivity contribution in [3.8, 4) is 0 Å². The Balaban J connectivity index is 1.80. The minimum Gasteiger partial charge on any atom is -0.392 e. The number of nitrogens with zero attached hydrogens (tertiary/aromatic N) is 4. The molecule has 3 rings (SSSR count). The number of aliphatic hydroxyl groups excluding tert-OH is 1. The van der Waals surface area contributed by atoms with Crippen molar-refractivity contribution in [2.75, 3.05) is 5.32 Å². The molecule has 19 heavy (non-hydrogen) atoms. The minimum absolute atomic E-state index is 0.0475. The third kappa shape index (κ3) is 2.38. The summed E-state index contributed by atoms with van der Waals surface area (Å²) in [6, 6.07) is 7.77. The molecule has 0 aliphatic rings. The van der Waals surface area contributed by atoms with Gasteiger partial charge in [0.1, 0.15) is 6.33 Å². The van der Waals surface area contributed by atoms with E-state index in [1.165, 1.54) is 0 Å². The summed E-state index contributed by atoms with van der Waals surface area (Å²) < 4.78 is 1.81. The summed E-state index contributed by atoms with van der Waals surface area (Å²) in [5, 5.41) is 20.2. The third-order valence-electron chi connectivity index (χ3n) is 2.85. The van der Waals surface area contributed by atoms with Crippen LogP contribution < -0.4 is 5.32 Å². The third-order valence-corrected chi connectivity index (χ3v) is 2.85. The van der Waals surface area contributed by atoms with Gasteiger partial charge in [-0.3, -0.25) is 4.40 Å². The zero-order valence-corrected chi connectivity index (χ0v) is 10.2. The zero-order valence-electron chi connectivity index (χ0n) is 10.2. The molecule has 0 aliphatic carbocycles. The van der Waals surface area contributed by atoms with E-state index in [1.807, 2.05) is 24.3 Å². The summed E-state index contributed by atoms with van der Waals surface area (Å²) >= 11 is 0. The van der Waals surface area contributed by atoms with Gasteiger partial charge in [0, 0.05) is 18.9 Å². The molecule has 2 heterocycles. The van der Waals surface area contributed by atoms with Crippen LogP contribution in [0.5, 0.6) is 0 Å². The van der Waals surface area contributed by atoms with Gasteiger partial charge in [-0.2, -0.15) is 0 Å². The van der Waals surface area contributed by atoms with Crippen LogP contribution in [0.4, 0.5) is 5.82 Å². The van der Waals surface area contributed by atoms with E-state index in [4.69, 9.17) is 5.11 Å². The van der Waals surface area contributed by atoms with Crippen LogP contribution in [0, 0.1) is 0 Å². The Morgan fingerprint density at radius 1 is 1.26 bits per heavy atom. The summed E-state index contributed by atoms with van der Waals surface area (Å²) in [5.74, 6) is 0.689. The van der Waals surface area contributed by atoms with E-state index < -0.39 is 0 Å². The molecule has 0 atom stereocenters. The van der Waals surface area contributed by atoms with Crippen LogP contribution in [0.2, 0.25) is 0 Å². The number of hydrogen-bond donors (Lipinski definition) is 2. The normalized spacial score (nSPS) is 10.8. The van der Waals surface area contributed by atoms with Crippen LogP contribution in [-0.2, 0) is 13.2 Å². The van der Waals surface area contributed by atoms with E-state index in [-0.39, 0.29) is 6.61 Å². The predicted molar refractivity (Wildman–Crippen MR) is 70.5 cm³/mol. The average Bonchev–Trinajstić information content (AvgIpc) is 2.94. The van der Waals surface area contributed by atoms with Gasteiger partial charge in [-0.15, -0.1) is 10.2 Å². The highest BCUT2D eigenvalue weighted by Gasteiger charge is 2.04. The van der Waals surface area contributed by atoms with Gasteiger partial charge in [0.05, 0.1) is 6.61 Å². The molecule has 3 aromatic rings. The lowest BCUT2D eigenvalue weighted by atomic mass is 10.1. The standard InChI is InChI=1S/C13H13N5O/c19-8-11-3-1-2-10(6-11)7-15-12-13-17-16-9-18(13)5-4-14-12/h1-6,9,19H,7-8H2,(H,14,15). The Morgan fingerprint density at radius 2 is 2.16 bits per heavy atom. The van der Waals surface area contributed by atoms with Crippen molar-refractivity contribution in [2.24, 2.45) is 0 Å². The molecule has 0 unspecified atom stereocenters. The molecular formula is C13H13N5O. The van der Waals surface area contributed by atoms with Crippen LogP contribution >= 0.6 is 0 Å². The molecular weight excluding hydrogens is 242 g/mol. The van der Waals surface area contributed by atoms with Crippen LogP contribution in [-0.4, -0.2) is 24.7 Å². The first-order valence-electron chi connectivity index (χ1n) is 5.94. The van der Waals surface area contributed by atoms with Crippen molar-refractivity contribution in [1.29, 1.82) is 0 Å². The first-order valence-corrected chi connectivity index (χ1v) is 5.94. The van der Waals surface area contributed by atoms with Crippen molar-refractivity contribution in [3.05, 3.63) is 54.1 Å². The summed E-state index contributed by atoms with van der Waals surface area (Å²) in [6.45, 7) is 0.666. The maximum Gasteiger partial charge on any atom is 0.203 e. The van der Waals surface area contributed by atoms with Gasteiger partial charge in [0.25, 0.3) is 0 Å². The van der Waals surface area contributed by atoms with Gasteiger partial charge < -0.3 is 10.4 Å². The van der Waals surface area contributed by atoms with Gasteiger partial charge in [-0.1, -0.05) is 24.3 Å². The van der Waals surface area contributed by atoms with E-state index in [0.717, 1.165) is 11.1 Å². The molecule has 1 aromatic carbocycles. The van der Waals surface area contributed by atoms with Crippen LogP contribution in [0.15, 0.2) is 43.0 Å². The number of benzene rings is 1. The monoisotopic (exact) mass is 255 g/mol. The number of hydrogen-bond acceptors (Lipinski definition) is 5. The molecule has 0 bridgehead atoms. The minimum atomic E-state index is 0.0475. The number of fused-ring (bicyclic) bond motifs is 1. The van der Waals surface area contributed by atoms with E-state index in [2.05, 4.69) is 20.5 Å². The maximum atomic E-state index is 9.11. The summed E-state index contributed by atoms with van der Waals surface area (Å²) in [7, 11) is 0. The highest BCUT2D eigenvalue weighted by molar-refractivity contribution is 5.61. The Labute approximate surface area is 109 Å². The van der Waals surface area contributed by atoms with Crippen molar-refractivity contribution >= 4 is 11.5 Å². The van der Waals surface area contributed by atoms with E-state index in [0.29, 0.717) is 18.0 Å². The van der Waals surface area contributed by atoms with Crippen LogP contribution in [0.3, 0.4) is 0 Å². The lowest BCUT2D eigenvalue weighted by Gasteiger charge is -2.07. The first-order chi connectivity index (χ1) is 9.36. The highest BCUT2D eigenvalue weighted by Crippen LogP contribution is 2.12. The molecule has 0 amide bonds. The van der Waals surface area contributed by atoms with Gasteiger partial charge in [0.2, 0.25) is 5.65 Å². The molecule has 6 heteroatoms. The molecule has 0 fully saturated rings. The zero-order chi connectivity index (χ0) is 13.1. The lowest BCUT2D eigenvalue weighted by molar-refractivity contribution is 0.281. The van der Waals surface area contributed by atoms with Crippen molar-refractivity contribution in [1.82, 2.24) is 19.6 Å². The number of nitrogens with one attached hydrogen (secondary N) is 1. The largest absolute Gasteiger partial charge is 0.392 e. The molecule has 0 aliphatic heterocycles. The molecule has 0 spiro atoms. The summed E-state index contributed by atoms with van der Waals surface area (Å²) in [5.41, 5.74) is 2.67. The van der Waals surface area contributed by atoms with Crippen molar-refractivity contribution in [2.45, 2.75) is 13.2 Å². The fraction of sp³-hybridized carbons (Fsp3) is 0.154. The fourth-order valence-corrected chi connectivity index (χ4v) is 1.91. The van der Waals surface area contributed by atoms with E-state index >= 15 is 0 Å². The Morgan fingerprint density at radius 3 is 3.05 bits per heavy atom. The molecule has 0 saturated carbocycles. The van der Waals surface area contributed by atoms with Crippen LogP contribution in [0.1, 0.15) is 11.1 Å². The molecule has 0 saturated heterocycles. The highest BCUT2D eigenvalue weighted by atomic mass is 16.3. The molecule has 6 nitrogen and oxygen atoms in total. The van der Waals surface area contributed by atoms with E-state index in [1.54, 1.807) is 23.1 Å². The topological polar surface area (TPSA) is 75.3 Å². The first kappa shape index (κ1) is 11.6. The van der Waals surface area contributed by atoms with Crippen LogP contribution in [0.25, 0.3) is 5.65 Å². The number of aliphatic hydroxyl groups is 1. The van der Waals surface area contributed by atoms with Crippen molar-refractivity contribution in [3.63, 3.8) is 0 Å². The number of anilines is 1. The number of aromatic nitrogens is 4. The Kier molecular flexibility index (Phi) is 3.07. The molecule has 0 radical (unpaired) electrons. The second kappa shape index (κ2) is 5.03. The smallest absolute Gasteiger partial charge is 0.203 e. The molecule has 2 N–H and O–H groups in total. The van der Waals surface area contributed by atoms with Gasteiger partial charge in [-0.05, 0) is 11.1 Å². The Bertz CT molecular complexity index is 694. The van der Waals surface area contributed by atoms with Crippen molar-refractivity contribution < 1.29 is 5.11 Å². The maximum absolute atomic E-state index is 9.11. The van der Waals surface area contributed by atoms with Gasteiger partial charge in [-0.25, -0.2) is 4.98 Å². The second-order valence-electron chi connectivity index (χ2n) is 4.17. The molecule has 2 aromatic heterocycles. The fourth-order valence-electron chi connectivity index (χ4n) is 1.91. The summed E-state index contributed by atoms with van der Waals surface area (Å²) in [6.07, 6.45) is 5.13. The quantitative estimate of drug-likeness (QED) is 0.733. The van der Waals surface area contributed by atoms with E-state index in [9.17, 15) is 0 Å². The average molecular weight is 255 g/mol. The SMILES string of the molecule is OCc1cccc(CNc2nccn3cnnc23)c1. The lowest BCUT2D eigenvalue weighted by Crippen LogP contribution is -2.04. The Hall–Kier alpha value is -2.47. The number of rotatable bonds is 4. The summed E-state index contributed by atoms with van der Waals surface area (Å²) in [4.78, 5) is 4.25.